The van der Waals surface area contributed by atoms with Gasteiger partial charge in [-0.3, -0.25) is 0 Å². The highest BCUT2D eigenvalue weighted by atomic mass is 79.9. The molecule has 0 aliphatic heterocycles. The SMILES string of the molecule is C=C[C@H](N)c1sccc1Br.Cl. The van der Waals surface area contributed by atoms with Gasteiger partial charge in [-0.2, -0.15) is 0 Å². The zero-order chi connectivity index (χ0) is 7.56. The maximum atomic E-state index is 5.70. The summed E-state index contributed by atoms with van der Waals surface area (Å²) in [5, 5.41) is 2.00. The van der Waals surface area contributed by atoms with E-state index in [1.807, 2.05) is 11.4 Å². The molecule has 0 saturated carbocycles. The second kappa shape index (κ2) is 4.93. The zero-order valence-corrected chi connectivity index (χ0v) is 9.01. The summed E-state index contributed by atoms with van der Waals surface area (Å²) in [5.41, 5.74) is 5.70. The van der Waals surface area contributed by atoms with Crippen molar-refractivity contribution in [2.75, 3.05) is 0 Å². The van der Waals surface area contributed by atoms with Gasteiger partial charge in [0, 0.05) is 9.35 Å². The Labute approximate surface area is 84.8 Å². The Morgan fingerprint density at radius 1 is 1.73 bits per heavy atom. The largest absolute Gasteiger partial charge is 0.320 e. The number of rotatable bonds is 2. The second-order valence-electron chi connectivity index (χ2n) is 1.89. The first kappa shape index (κ1) is 11.2. The molecule has 0 fully saturated rings. The van der Waals surface area contributed by atoms with E-state index in [-0.39, 0.29) is 18.4 Å². The Morgan fingerprint density at radius 2 is 2.36 bits per heavy atom. The van der Waals surface area contributed by atoms with E-state index in [1.54, 1.807) is 17.4 Å². The van der Waals surface area contributed by atoms with E-state index in [2.05, 4.69) is 22.5 Å². The molecule has 1 aromatic heterocycles. The van der Waals surface area contributed by atoms with Crippen LogP contribution in [0.1, 0.15) is 10.9 Å². The monoisotopic (exact) mass is 253 g/mol. The van der Waals surface area contributed by atoms with Crippen LogP contribution in [0.5, 0.6) is 0 Å². The highest BCUT2D eigenvalue weighted by Crippen LogP contribution is 2.27. The lowest BCUT2D eigenvalue weighted by atomic mass is 10.2. The van der Waals surface area contributed by atoms with Gasteiger partial charge in [-0.05, 0) is 27.4 Å². The molecule has 1 atom stereocenters. The van der Waals surface area contributed by atoms with Gasteiger partial charge in [-0.25, -0.2) is 0 Å². The molecule has 1 heterocycles. The first-order chi connectivity index (χ1) is 4.75. The number of halogens is 2. The van der Waals surface area contributed by atoms with Crippen LogP contribution < -0.4 is 5.73 Å². The number of hydrogen-bond acceptors (Lipinski definition) is 2. The third kappa shape index (κ3) is 2.60. The summed E-state index contributed by atoms with van der Waals surface area (Å²) in [4.78, 5) is 1.13. The van der Waals surface area contributed by atoms with Crippen molar-refractivity contribution in [3.05, 3.63) is 33.5 Å². The molecule has 0 spiro atoms. The quantitative estimate of drug-likeness (QED) is 0.807. The van der Waals surface area contributed by atoms with Crippen LogP contribution in [0.3, 0.4) is 0 Å². The van der Waals surface area contributed by atoms with Gasteiger partial charge in [0.1, 0.15) is 0 Å². The van der Waals surface area contributed by atoms with Gasteiger partial charge in [-0.15, -0.1) is 30.3 Å². The molecule has 0 aliphatic carbocycles. The van der Waals surface area contributed by atoms with Crippen LogP contribution in [0, 0.1) is 0 Å². The van der Waals surface area contributed by atoms with Crippen molar-refractivity contribution >= 4 is 39.7 Å². The molecule has 0 aliphatic rings. The predicted octanol–water partition coefficient (Wildman–Crippen LogP) is 3.12. The third-order valence-corrected chi connectivity index (χ3v) is 3.17. The number of hydrogen-bond donors (Lipinski definition) is 1. The fraction of sp³-hybridized carbons (Fsp3) is 0.143. The van der Waals surface area contributed by atoms with E-state index in [1.165, 1.54) is 0 Å². The first-order valence-electron chi connectivity index (χ1n) is 2.86. The normalized spacial score (nSPS) is 11.8. The number of nitrogens with two attached hydrogens (primary N) is 1. The van der Waals surface area contributed by atoms with Crippen molar-refractivity contribution in [2.45, 2.75) is 6.04 Å². The highest BCUT2D eigenvalue weighted by molar-refractivity contribution is 9.10. The summed E-state index contributed by atoms with van der Waals surface area (Å²) in [7, 11) is 0. The predicted molar refractivity (Wildman–Crippen MR) is 56.4 cm³/mol. The van der Waals surface area contributed by atoms with Crippen molar-refractivity contribution in [2.24, 2.45) is 5.73 Å². The van der Waals surface area contributed by atoms with Crippen molar-refractivity contribution in [3.8, 4) is 0 Å². The average molecular weight is 255 g/mol. The Hall–Kier alpha value is 0.170. The third-order valence-electron chi connectivity index (χ3n) is 1.20. The van der Waals surface area contributed by atoms with Crippen LogP contribution in [0.25, 0.3) is 0 Å². The molecule has 0 unspecified atom stereocenters. The summed E-state index contributed by atoms with van der Waals surface area (Å²) < 4.78 is 1.07. The molecule has 1 rings (SSSR count). The lowest BCUT2D eigenvalue weighted by Gasteiger charge is -2.01. The van der Waals surface area contributed by atoms with E-state index in [4.69, 9.17) is 5.73 Å². The van der Waals surface area contributed by atoms with Gasteiger partial charge in [0.25, 0.3) is 0 Å². The van der Waals surface area contributed by atoms with Gasteiger partial charge >= 0.3 is 0 Å². The van der Waals surface area contributed by atoms with Crippen LogP contribution in [-0.4, -0.2) is 0 Å². The lowest BCUT2D eigenvalue weighted by Crippen LogP contribution is -2.04. The molecular formula is C7H9BrClNS. The molecule has 0 saturated heterocycles. The van der Waals surface area contributed by atoms with Gasteiger partial charge in [-0.1, -0.05) is 6.08 Å². The molecule has 2 N–H and O–H groups in total. The Bertz CT molecular complexity index is 236. The van der Waals surface area contributed by atoms with E-state index in [0.717, 1.165) is 9.35 Å². The van der Waals surface area contributed by atoms with Gasteiger partial charge in [0.15, 0.2) is 0 Å². The fourth-order valence-corrected chi connectivity index (χ4v) is 2.29. The molecule has 1 aromatic rings. The lowest BCUT2D eigenvalue weighted by molar-refractivity contribution is 0.934. The molecule has 11 heavy (non-hydrogen) atoms. The van der Waals surface area contributed by atoms with Crippen LogP contribution >= 0.6 is 39.7 Å². The van der Waals surface area contributed by atoms with Crippen molar-refractivity contribution in [1.29, 1.82) is 0 Å². The molecule has 62 valence electrons. The fourth-order valence-electron chi connectivity index (χ4n) is 0.650. The smallest absolute Gasteiger partial charge is 0.0584 e. The number of thiophene rings is 1. The Balaban J connectivity index is 0.000001000. The maximum Gasteiger partial charge on any atom is 0.0584 e. The van der Waals surface area contributed by atoms with Crippen molar-refractivity contribution < 1.29 is 0 Å². The zero-order valence-electron chi connectivity index (χ0n) is 5.79. The Kier molecular flexibility index (Phi) is 5.01. The summed E-state index contributed by atoms with van der Waals surface area (Å²) in [5.74, 6) is 0. The highest BCUT2D eigenvalue weighted by Gasteiger charge is 2.05. The van der Waals surface area contributed by atoms with Crippen molar-refractivity contribution in [3.63, 3.8) is 0 Å². The van der Waals surface area contributed by atoms with E-state index in [0.29, 0.717) is 0 Å². The van der Waals surface area contributed by atoms with Gasteiger partial charge in [0.05, 0.1) is 6.04 Å². The summed E-state index contributed by atoms with van der Waals surface area (Å²) in [6.45, 7) is 3.62. The molecular weight excluding hydrogens is 246 g/mol. The molecule has 4 heteroatoms. The van der Waals surface area contributed by atoms with Crippen LogP contribution in [0.4, 0.5) is 0 Å². The molecule has 0 amide bonds. The molecule has 0 aromatic carbocycles. The van der Waals surface area contributed by atoms with E-state index >= 15 is 0 Å². The molecule has 0 radical (unpaired) electrons. The Morgan fingerprint density at radius 3 is 2.73 bits per heavy atom. The van der Waals surface area contributed by atoms with Gasteiger partial charge in [0.2, 0.25) is 0 Å². The van der Waals surface area contributed by atoms with Crippen LogP contribution in [-0.2, 0) is 0 Å². The van der Waals surface area contributed by atoms with Crippen molar-refractivity contribution in [1.82, 2.24) is 0 Å². The molecule has 1 nitrogen and oxygen atoms in total. The minimum Gasteiger partial charge on any atom is -0.320 e. The average Bonchev–Trinajstić information content (AvgIpc) is 2.34. The summed E-state index contributed by atoms with van der Waals surface area (Å²) in [6.07, 6.45) is 1.73. The topological polar surface area (TPSA) is 26.0 Å². The van der Waals surface area contributed by atoms with E-state index in [9.17, 15) is 0 Å². The maximum absolute atomic E-state index is 5.70. The van der Waals surface area contributed by atoms with Gasteiger partial charge < -0.3 is 5.73 Å². The van der Waals surface area contributed by atoms with Crippen LogP contribution in [0.2, 0.25) is 0 Å². The minimum absolute atomic E-state index is 0. The van der Waals surface area contributed by atoms with E-state index < -0.39 is 0 Å². The first-order valence-corrected chi connectivity index (χ1v) is 4.54. The molecule has 0 bridgehead atoms. The second-order valence-corrected chi connectivity index (χ2v) is 3.70. The van der Waals surface area contributed by atoms with Crippen LogP contribution in [0.15, 0.2) is 28.6 Å². The summed E-state index contributed by atoms with van der Waals surface area (Å²) >= 11 is 5.03. The standard InChI is InChI=1S/C7H8BrNS.ClH/c1-2-6(9)7-5(8)3-4-10-7;/h2-4,6H,1,9H2;1H/t6-;/m0./s1. The summed E-state index contributed by atoms with van der Waals surface area (Å²) in [6, 6.07) is 1.96. The minimum atomic E-state index is -0.0330.